The molecule has 0 amide bonds. The third-order valence-corrected chi connectivity index (χ3v) is 5.38. The van der Waals surface area contributed by atoms with Crippen LogP contribution in [0, 0.1) is 5.82 Å². The van der Waals surface area contributed by atoms with Gasteiger partial charge in [0.1, 0.15) is 22.8 Å². The Bertz CT molecular complexity index is 1460. The zero-order valence-corrected chi connectivity index (χ0v) is 18.1. The van der Waals surface area contributed by atoms with Crippen LogP contribution in [0.1, 0.15) is 22.8 Å². The average molecular weight is 444 g/mol. The van der Waals surface area contributed by atoms with Gasteiger partial charge in [-0.1, -0.05) is 30.3 Å². The summed E-state index contributed by atoms with van der Waals surface area (Å²) in [6.07, 6.45) is 4.35. The van der Waals surface area contributed by atoms with Gasteiger partial charge in [-0.25, -0.2) is 19.2 Å². The summed E-state index contributed by atoms with van der Waals surface area (Å²) in [4.78, 5) is 26.4. The fraction of sp³-hybridized carbons (Fsp3) is 0.167. The lowest BCUT2D eigenvalue weighted by atomic mass is 10.1. The topological polar surface area (TPSA) is 88.4 Å². The number of hydrogen-bond acceptors (Lipinski definition) is 6. The lowest BCUT2D eigenvalue weighted by Crippen LogP contribution is -2.20. The van der Waals surface area contributed by atoms with Crippen LogP contribution in [0.2, 0.25) is 0 Å². The highest BCUT2D eigenvalue weighted by Crippen LogP contribution is 2.31. The number of fused-ring (bicyclic) bond motifs is 2. The molecule has 1 N–H and O–H groups in total. The molecule has 0 bridgehead atoms. The van der Waals surface area contributed by atoms with Crippen molar-refractivity contribution >= 4 is 28.5 Å². The second kappa shape index (κ2) is 8.34. The highest BCUT2D eigenvalue weighted by Gasteiger charge is 2.21. The number of carbonyl (C=O) groups is 1. The maximum atomic E-state index is 13.9. The molecule has 4 heterocycles. The average Bonchev–Trinajstić information content (AvgIpc) is 3.43. The predicted molar refractivity (Wildman–Crippen MR) is 123 cm³/mol. The lowest BCUT2D eigenvalue weighted by molar-refractivity contribution is 0.0528. The van der Waals surface area contributed by atoms with E-state index in [1.807, 2.05) is 48.3 Å². The summed E-state index contributed by atoms with van der Waals surface area (Å²) in [5, 5.41) is 5.01. The summed E-state index contributed by atoms with van der Waals surface area (Å²) >= 11 is 0. The number of hydrogen-bond donors (Lipinski definition) is 1. The molecule has 0 spiro atoms. The molecular formula is C24H21FN6O2. The van der Waals surface area contributed by atoms with E-state index < -0.39 is 11.8 Å². The Balaban J connectivity index is 1.69. The lowest BCUT2D eigenvalue weighted by Gasteiger charge is -2.21. The van der Waals surface area contributed by atoms with E-state index in [0.717, 1.165) is 11.8 Å². The number of esters is 1. The third-order valence-electron chi connectivity index (χ3n) is 5.38. The van der Waals surface area contributed by atoms with Gasteiger partial charge >= 0.3 is 5.97 Å². The van der Waals surface area contributed by atoms with E-state index >= 15 is 0 Å². The molecule has 0 atom stereocenters. The van der Waals surface area contributed by atoms with Gasteiger partial charge in [-0.15, -0.1) is 0 Å². The fourth-order valence-electron chi connectivity index (χ4n) is 3.84. The number of carbonyl (C=O) groups excluding carboxylic acids is 1. The molecule has 8 nitrogen and oxygen atoms in total. The summed E-state index contributed by atoms with van der Waals surface area (Å²) in [7, 11) is 1.94. The van der Waals surface area contributed by atoms with Gasteiger partial charge in [0.2, 0.25) is 0 Å². The summed E-state index contributed by atoms with van der Waals surface area (Å²) in [6, 6.07) is 13.3. The van der Waals surface area contributed by atoms with Crippen molar-refractivity contribution in [3.8, 4) is 11.3 Å². The number of halogens is 1. The van der Waals surface area contributed by atoms with E-state index in [1.165, 1.54) is 12.3 Å². The number of aromatic amines is 1. The molecule has 4 aromatic heterocycles. The number of aromatic nitrogens is 5. The number of benzene rings is 1. The van der Waals surface area contributed by atoms with Crippen molar-refractivity contribution in [2.75, 3.05) is 18.6 Å². The SMILES string of the molecule is CCOC(=O)c1cnn2c(N(C)Cc3ccccc3)cc(-c3c[nH]c4ncc(F)cc34)nc12. The quantitative estimate of drug-likeness (QED) is 0.395. The summed E-state index contributed by atoms with van der Waals surface area (Å²) in [5.74, 6) is -0.226. The maximum absolute atomic E-state index is 13.9. The van der Waals surface area contributed by atoms with Gasteiger partial charge in [0.25, 0.3) is 0 Å². The van der Waals surface area contributed by atoms with Gasteiger partial charge < -0.3 is 14.6 Å². The van der Waals surface area contributed by atoms with Gasteiger partial charge in [0, 0.05) is 36.8 Å². The second-order valence-electron chi connectivity index (χ2n) is 7.61. The normalized spacial score (nSPS) is 11.2. The van der Waals surface area contributed by atoms with Crippen molar-refractivity contribution in [1.29, 1.82) is 0 Å². The molecule has 0 unspecified atom stereocenters. The minimum atomic E-state index is -0.500. The van der Waals surface area contributed by atoms with Gasteiger partial charge in [0.15, 0.2) is 5.65 Å². The Morgan fingerprint density at radius 3 is 2.82 bits per heavy atom. The number of nitrogens with one attached hydrogen (secondary N) is 1. The van der Waals surface area contributed by atoms with E-state index in [1.54, 1.807) is 17.6 Å². The number of rotatable bonds is 6. The summed E-state index contributed by atoms with van der Waals surface area (Å²) in [6.45, 7) is 2.59. The van der Waals surface area contributed by atoms with Crippen LogP contribution in [-0.4, -0.2) is 44.2 Å². The number of H-pyrrole nitrogens is 1. The minimum Gasteiger partial charge on any atom is -0.462 e. The molecule has 33 heavy (non-hydrogen) atoms. The number of nitrogens with zero attached hydrogens (tertiary/aromatic N) is 5. The molecule has 5 rings (SSSR count). The maximum Gasteiger partial charge on any atom is 0.343 e. The van der Waals surface area contributed by atoms with Crippen LogP contribution in [0.3, 0.4) is 0 Å². The second-order valence-corrected chi connectivity index (χ2v) is 7.61. The molecule has 9 heteroatoms. The van der Waals surface area contributed by atoms with E-state index in [-0.39, 0.29) is 12.2 Å². The first-order valence-electron chi connectivity index (χ1n) is 10.5. The zero-order chi connectivity index (χ0) is 22.9. The van der Waals surface area contributed by atoms with Crippen LogP contribution >= 0.6 is 0 Å². The molecule has 0 saturated heterocycles. The minimum absolute atomic E-state index is 0.240. The van der Waals surface area contributed by atoms with Gasteiger partial charge in [-0.3, -0.25) is 0 Å². The Labute approximate surface area is 188 Å². The molecule has 0 aliphatic rings. The monoisotopic (exact) mass is 444 g/mol. The van der Waals surface area contributed by atoms with Crippen LogP contribution in [0.15, 0.2) is 61.1 Å². The summed E-state index contributed by atoms with van der Waals surface area (Å²) in [5.41, 5.74) is 3.51. The number of pyridine rings is 1. The smallest absolute Gasteiger partial charge is 0.343 e. The zero-order valence-electron chi connectivity index (χ0n) is 18.1. The largest absolute Gasteiger partial charge is 0.462 e. The first-order valence-corrected chi connectivity index (χ1v) is 10.5. The van der Waals surface area contributed by atoms with Crippen molar-refractivity contribution in [2.45, 2.75) is 13.5 Å². The predicted octanol–water partition coefficient (Wildman–Crippen LogP) is 4.22. The molecule has 1 aromatic carbocycles. The number of ether oxygens (including phenoxy) is 1. The summed E-state index contributed by atoms with van der Waals surface area (Å²) < 4.78 is 20.8. The highest BCUT2D eigenvalue weighted by atomic mass is 19.1. The molecule has 0 aliphatic heterocycles. The molecular weight excluding hydrogens is 423 g/mol. The van der Waals surface area contributed by atoms with Crippen LogP contribution in [0.5, 0.6) is 0 Å². The highest BCUT2D eigenvalue weighted by molar-refractivity contribution is 5.97. The van der Waals surface area contributed by atoms with E-state index in [0.29, 0.717) is 40.3 Å². The van der Waals surface area contributed by atoms with Crippen LogP contribution in [-0.2, 0) is 11.3 Å². The standard InChI is InChI=1S/C24H21FN6O2/c1-3-33-24(32)19-13-28-31-21(30(2)14-15-7-5-4-6-8-15)10-20(29-23(19)31)18-12-27-22-17(18)9-16(25)11-26-22/h4-13H,3,14H2,1-2H3,(H,26,27). The van der Waals surface area contributed by atoms with E-state index in [4.69, 9.17) is 9.72 Å². The molecule has 166 valence electrons. The molecule has 0 fully saturated rings. The van der Waals surface area contributed by atoms with Crippen LogP contribution < -0.4 is 4.90 Å². The molecule has 0 radical (unpaired) electrons. The fourth-order valence-corrected chi connectivity index (χ4v) is 3.84. The van der Waals surface area contributed by atoms with Crippen molar-refractivity contribution < 1.29 is 13.9 Å². The Hall–Kier alpha value is -4.27. The number of anilines is 1. The Morgan fingerprint density at radius 2 is 2.03 bits per heavy atom. The van der Waals surface area contributed by atoms with Crippen molar-refractivity contribution in [2.24, 2.45) is 0 Å². The van der Waals surface area contributed by atoms with Crippen molar-refractivity contribution in [3.05, 3.63) is 78.0 Å². The van der Waals surface area contributed by atoms with Gasteiger partial charge in [-0.2, -0.15) is 9.61 Å². The Kier molecular flexibility index (Phi) is 5.21. The third kappa shape index (κ3) is 3.78. The van der Waals surface area contributed by atoms with Gasteiger partial charge in [0.05, 0.1) is 24.7 Å². The van der Waals surface area contributed by atoms with Crippen molar-refractivity contribution in [1.82, 2.24) is 24.6 Å². The Morgan fingerprint density at radius 1 is 1.21 bits per heavy atom. The first kappa shape index (κ1) is 20.6. The van der Waals surface area contributed by atoms with E-state index in [9.17, 15) is 9.18 Å². The molecule has 0 aliphatic carbocycles. The van der Waals surface area contributed by atoms with Crippen LogP contribution in [0.25, 0.3) is 27.9 Å². The molecule has 5 aromatic rings. The van der Waals surface area contributed by atoms with Gasteiger partial charge in [-0.05, 0) is 18.6 Å². The first-order chi connectivity index (χ1) is 16.0. The van der Waals surface area contributed by atoms with Crippen LogP contribution in [0.4, 0.5) is 10.2 Å². The molecule has 0 saturated carbocycles. The van der Waals surface area contributed by atoms with Crippen molar-refractivity contribution in [3.63, 3.8) is 0 Å². The van der Waals surface area contributed by atoms with E-state index in [2.05, 4.69) is 15.1 Å².